The average Bonchev–Trinajstić information content (AvgIpc) is 3.60. The number of anilines is 1. The normalized spacial score (nSPS) is 14.2. The highest BCUT2D eigenvalue weighted by molar-refractivity contribution is 7.07. The molecule has 1 N–H and O–H groups in total. The molecule has 4 aromatic carbocycles. The number of carbonyl (C=O) groups is 1. The number of hydrogen-bond acceptors (Lipinski definition) is 6. The van der Waals surface area contributed by atoms with Crippen molar-refractivity contribution in [1.82, 2.24) is 9.13 Å². The van der Waals surface area contributed by atoms with E-state index >= 15 is 0 Å². The van der Waals surface area contributed by atoms with Gasteiger partial charge in [0.1, 0.15) is 0 Å². The van der Waals surface area contributed by atoms with Crippen molar-refractivity contribution >= 4 is 29.0 Å². The summed E-state index contributed by atoms with van der Waals surface area (Å²) in [6.07, 6.45) is 1.93. The molecule has 1 aliphatic heterocycles. The quantitative estimate of drug-likeness (QED) is 0.182. The van der Waals surface area contributed by atoms with Crippen LogP contribution in [0.4, 0.5) is 5.69 Å². The molecule has 6 aromatic rings. The van der Waals surface area contributed by atoms with Gasteiger partial charge in [0, 0.05) is 22.8 Å². The molecule has 0 fully saturated rings. The number of nitrogens with one attached hydrogen (secondary N) is 1. The van der Waals surface area contributed by atoms with E-state index in [1.807, 2.05) is 74.5 Å². The largest absolute Gasteiger partial charge is 0.493 e. The Hall–Kier alpha value is -5.93. The first kappa shape index (κ1) is 33.6. The second kappa shape index (κ2) is 13.8. The summed E-state index contributed by atoms with van der Waals surface area (Å²) in [7, 11) is 3.14. The lowest BCUT2D eigenvalue weighted by molar-refractivity contribution is -0.113. The minimum atomic E-state index is -0.761. The number of aromatic nitrogens is 2. The Morgan fingerprint density at radius 1 is 0.824 bits per heavy atom. The molecule has 0 saturated heterocycles. The average molecular weight is 695 g/mol. The summed E-state index contributed by atoms with van der Waals surface area (Å²) in [5.41, 5.74) is 9.34. The van der Waals surface area contributed by atoms with Crippen LogP contribution in [-0.4, -0.2) is 29.3 Å². The van der Waals surface area contributed by atoms with E-state index in [1.54, 1.807) is 24.9 Å². The van der Waals surface area contributed by atoms with Crippen LogP contribution in [0.25, 0.3) is 22.9 Å². The van der Waals surface area contributed by atoms with Gasteiger partial charge in [0.05, 0.1) is 36.1 Å². The lowest BCUT2D eigenvalue weighted by atomic mass is 9.94. The lowest BCUT2D eigenvalue weighted by Crippen LogP contribution is -2.40. The van der Waals surface area contributed by atoms with Crippen molar-refractivity contribution in [2.75, 3.05) is 19.5 Å². The summed E-state index contributed by atoms with van der Waals surface area (Å²) in [5, 5.41) is 3.07. The van der Waals surface area contributed by atoms with Gasteiger partial charge in [-0.25, -0.2) is 4.99 Å². The molecule has 0 spiro atoms. The lowest BCUT2D eigenvalue weighted by Gasteiger charge is -2.26. The van der Waals surface area contributed by atoms with Crippen molar-refractivity contribution < 1.29 is 14.3 Å². The highest BCUT2D eigenvalue weighted by atomic mass is 32.1. The molecule has 9 heteroatoms. The van der Waals surface area contributed by atoms with E-state index in [9.17, 15) is 9.59 Å². The van der Waals surface area contributed by atoms with Crippen molar-refractivity contribution in [2.24, 2.45) is 4.99 Å². The van der Waals surface area contributed by atoms with Crippen LogP contribution in [0.15, 0.2) is 124 Å². The van der Waals surface area contributed by atoms with Crippen LogP contribution in [0, 0.1) is 20.8 Å². The predicted octanol–water partition coefficient (Wildman–Crippen LogP) is 7.27. The van der Waals surface area contributed by atoms with Crippen LogP contribution in [0.2, 0.25) is 0 Å². The zero-order chi connectivity index (χ0) is 35.8. The molecule has 0 radical (unpaired) electrons. The van der Waals surface area contributed by atoms with Gasteiger partial charge in [-0.2, -0.15) is 0 Å². The smallest absolute Gasteiger partial charge is 0.271 e. The number of aryl methyl sites for hydroxylation is 2. The first-order valence-corrected chi connectivity index (χ1v) is 17.5. The van der Waals surface area contributed by atoms with E-state index in [1.165, 1.54) is 16.9 Å². The summed E-state index contributed by atoms with van der Waals surface area (Å²) in [6, 6.07) is 33.2. The molecular weight excluding hydrogens is 657 g/mol. The fourth-order valence-corrected chi connectivity index (χ4v) is 7.80. The van der Waals surface area contributed by atoms with Crippen molar-refractivity contribution in [1.29, 1.82) is 0 Å². The van der Waals surface area contributed by atoms with Crippen molar-refractivity contribution in [2.45, 2.75) is 33.7 Å². The Morgan fingerprint density at radius 2 is 1.51 bits per heavy atom. The number of allylic oxidation sites excluding steroid dienone is 1. The Kier molecular flexibility index (Phi) is 9.06. The minimum Gasteiger partial charge on any atom is -0.493 e. The molecule has 1 aliphatic rings. The molecule has 8 nitrogen and oxygen atoms in total. The number of benzene rings is 4. The Labute approximate surface area is 300 Å². The number of methoxy groups -OCH3 is 2. The standard InChI is InChI=1S/C42H38N4O4S/c1-25-12-10-11-15-34(25)44-40(47)38-27(3)43-42-46(39(38)31-18-21-35(49-5)36(23-31)50-6)41(48)37(51-42)24-32-22-26(2)45(28(32)4)33-19-16-30(17-20-33)29-13-8-7-9-14-29/h7-24,39H,1-6H3,(H,44,47)/b37-24-/t39-/m0/s1. The maximum Gasteiger partial charge on any atom is 0.271 e. The Balaban J connectivity index is 1.33. The number of ether oxygens (including phenoxy) is 2. The maximum absolute atomic E-state index is 14.5. The fourth-order valence-electron chi connectivity index (χ4n) is 6.76. The van der Waals surface area contributed by atoms with Crippen molar-refractivity contribution in [3.63, 3.8) is 0 Å². The summed E-state index contributed by atoms with van der Waals surface area (Å²) >= 11 is 1.31. The number of fused-ring (bicyclic) bond motifs is 1. The summed E-state index contributed by atoms with van der Waals surface area (Å²) in [6.45, 7) is 7.88. The van der Waals surface area contributed by atoms with E-state index in [2.05, 4.69) is 66.2 Å². The van der Waals surface area contributed by atoms with Gasteiger partial charge in [-0.3, -0.25) is 14.2 Å². The first-order chi connectivity index (χ1) is 24.7. The second-order valence-corrected chi connectivity index (χ2v) is 13.5. The number of thiazole rings is 1. The van der Waals surface area contributed by atoms with E-state index in [4.69, 9.17) is 14.5 Å². The van der Waals surface area contributed by atoms with Gasteiger partial charge in [-0.1, -0.05) is 78.1 Å². The molecule has 1 atom stereocenters. The number of para-hydroxylation sites is 1. The van der Waals surface area contributed by atoms with E-state index in [0.717, 1.165) is 33.8 Å². The molecule has 0 unspecified atom stereocenters. The van der Waals surface area contributed by atoms with E-state index in [0.29, 0.717) is 43.4 Å². The summed E-state index contributed by atoms with van der Waals surface area (Å²) in [5.74, 6) is 0.710. The van der Waals surface area contributed by atoms with E-state index < -0.39 is 6.04 Å². The number of hydrogen-bond donors (Lipinski definition) is 1. The first-order valence-electron chi connectivity index (χ1n) is 16.6. The van der Waals surface area contributed by atoms with Gasteiger partial charge < -0.3 is 19.4 Å². The molecule has 7 rings (SSSR count). The van der Waals surface area contributed by atoms with Crippen molar-refractivity contribution in [3.8, 4) is 28.3 Å². The summed E-state index contributed by atoms with van der Waals surface area (Å²) < 4.78 is 15.5. The van der Waals surface area contributed by atoms with Gasteiger partial charge in [0.15, 0.2) is 16.3 Å². The zero-order valence-electron chi connectivity index (χ0n) is 29.4. The predicted molar refractivity (Wildman–Crippen MR) is 204 cm³/mol. The minimum absolute atomic E-state index is 0.232. The van der Waals surface area contributed by atoms with Crippen LogP contribution in [-0.2, 0) is 4.79 Å². The molecule has 0 aliphatic carbocycles. The third-order valence-corrected chi connectivity index (χ3v) is 10.4. The monoisotopic (exact) mass is 694 g/mol. The van der Waals surface area contributed by atoms with E-state index in [-0.39, 0.29) is 11.5 Å². The zero-order valence-corrected chi connectivity index (χ0v) is 30.2. The van der Waals surface area contributed by atoms with Gasteiger partial charge in [-0.05, 0) is 98.0 Å². The number of rotatable bonds is 8. The van der Waals surface area contributed by atoms with Gasteiger partial charge in [0.25, 0.3) is 11.5 Å². The highest BCUT2D eigenvalue weighted by Gasteiger charge is 2.33. The third kappa shape index (κ3) is 6.21. The Bertz CT molecular complexity index is 2510. The number of amides is 1. The van der Waals surface area contributed by atoms with Gasteiger partial charge in [0.2, 0.25) is 0 Å². The molecule has 0 saturated carbocycles. The van der Waals surface area contributed by atoms with Crippen LogP contribution in [0.3, 0.4) is 0 Å². The van der Waals surface area contributed by atoms with Crippen molar-refractivity contribution in [3.05, 3.63) is 162 Å². The maximum atomic E-state index is 14.5. The molecule has 51 heavy (non-hydrogen) atoms. The highest BCUT2D eigenvalue weighted by Crippen LogP contribution is 2.36. The SMILES string of the molecule is COc1ccc([C@H]2C(C(=O)Nc3ccccc3C)=C(C)N=c3s/c(=C\c4cc(C)n(-c5ccc(-c6ccccc6)cc5)c4C)c(=O)n32)cc1OC. The third-order valence-electron chi connectivity index (χ3n) is 9.37. The topological polar surface area (TPSA) is 86.9 Å². The van der Waals surface area contributed by atoms with Crippen LogP contribution >= 0.6 is 11.3 Å². The van der Waals surface area contributed by atoms with Gasteiger partial charge >= 0.3 is 0 Å². The molecule has 0 bridgehead atoms. The van der Waals surface area contributed by atoms with Gasteiger partial charge in [-0.15, -0.1) is 0 Å². The molecule has 1 amide bonds. The van der Waals surface area contributed by atoms with Crippen LogP contribution in [0.1, 0.15) is 41.0 Å². The molecule has 256 valence electrons. The summed E-state index contributed by atoms with van der Waals surface area (Å²) in [4.78, 5) is 33.9. The molecule has 2 aromatic heterocycles. The number of nitrogens with zero attached hydrogens (tertiary/aromatic N) is 3. The van der Waals surface area contributed by atoms with Crippen LogP contribution < -0.4 is 29.7 Å². The van der Waals surface area contributed by atoms with Crippen LogP contribution in [0.5, 0.6) is 11.5 Å². The number of carbonyl (C=O) groups excluding carboxylic acids is 1. The Morgan fingerprint density at radius 3 is 2.22 bits per heavy atom. The molecular formula is C42H38N4O4S. The fraction of sp³-hybridized carbons (Fsp3) is 0.167. The second-order valence-electron chi connectivity index (χ2n) is 12.5. The molecule has 3 heterocycles.